The van der Waals surface area contributed by atoms with Crippen LogP contribution in [0.5, 0.6) is 0 Å². The summed E-state index contributed by atoms with van der Waals surface area (Å²) in [6.45, 7) is 10.1. The van der Waals surface area contributed by atoms with Gasteiger partial charge in [-0.25, -0.2) is 0 Å². The highest BCUT2D eigenvalue weighted by Crippen LogP contribution is 2.30. The molecule has 0 aliphatic heterocycles. The number of likely N-dealkylation sites (N-methyl/N-ethyl adjacent to an activating group) is 1. The second kappa shape index (κ2) is 5.79. The summed E-state index contributed by atoms with van der Waals surface area (Å²) < 4.78 is 0. The standard InChI is InChI=1S/C17H26N2/c1-11(2)13-6-7-16-15(10-13)14(8-9-18-5)17(19-16)12(3)4/h6-7,10-12,18-19H,8-9H2,1-5H3. The van der Waals surface area contributed by atoms with E-state index in [1.54, 1.807) is 0 Å². The zero-order chi connectivity index (χ0) is 14.0. The molecule has 19 heavy (non-hydrogen) atoms. The Morgan fingerprint density at radius 3 is 2.42 bits per heavy atom. The fourth-order valence-corrected chi connectivity index (χ4v) is 2.66. The second-order valence-corrected chi connectivity index (χ2v) is 5.99. The number of fused-ring (bicyclic) bond motifs is 1. The molecular weight excluding hydrogens is 232 g/mol. The van der Waals surface area contributed by atoms with Gasteiger partial charge >= 0.3 is 0 Å². The van der Waals surface area contributed by atoms with Gasteiger partial charge in [-0.05, 0) is 55.1 Å². The van der Waals surface area contributed by atoms with Crippen LogP contribution in [-0.4, -0.2) is 18.6 Å². The zero-order valence-electron chi connectivity index (χ0n) is 12.8. The summed E-state index contributed by atoms with van der Waals surface area (Å²) in [4.78, 5) is 3.61. The third kappa shape index (κ3) is 2.84. The Bertz CT molecular complexity index is 550. The Labute approximate surface area is 116 Å². The summed E-state index contributed by atoms with van der Waals surface area (Å²) in [6, 6.07) is 6.85. The minimum Gasteiger partial charge on any atom is -0.358 e. The van der Waals surface area contributed by atoms with Gasteiger partial charge in [-0.15, -0.1) is 0 Å². The molecule has 2 aromatic rings. The molecule has 0 saturated heterocycles. The van der Waals surface area contributed by atoms with Gasteiger partial charge in [0.1, 0.15) is 0 Å². The molecule has 0 aliphatic rings. The lowest BCUT2D eigenvalue weighted by Gasteiger charge is -2.08. The van der Waals surface area contributed by atoms with E-state index in [0.717, 1.165) is 13.0 Å². The maximum atomic E-state index is 3.61. The first-order chi connectivity index (χ1) is 9.04. The topological polar surface area (TPSA) is 27.8 Å². The van der Waals surface area contributed by atoms with E-state index in [4.69, 9.17) is 0 Å². The Kier molecular flexibility index (Phi) is 4.31. The molecule has 2 rings (SSSR count). The maximum absolute atomic E-state index is 3.61. The van der Waals surface area contributed by atoms with E-state index in [1.165, 1.54) is 27.7 Å². The van der Waals surface area contributed by atoms with Gasteiger partial charge in [0, 0.05) is 16.6 Å². The summed E-state index contributed by atoms with van der Waals surface area (Å²) >= 11 is 0. The smallest absolute Gasteiger partial charge is 0.0459 e. The summed E-state index contributed by atoms with van der Waals surface area (Å²) in [7, 11) is 2.02. The van der Waals surface area contributed by atoms with Crippen LogP contribution in [0.3, 0.4) is 0 Å². The Morgan fingerprint density at radius 1 is 1.11 bits per heavy atom. The van der Waals surface area contributed by atoms with Crippen LogP contribution in [0.15, 0.2) is 18.2 Å². The molecule has 1 heterocycles. The summed E-state index contributed by atoms with van der Waals surface area (Å²) in [5, 5.41) is 4.67. The predicted molar refractivity (Wildman–Crippen MR) is 84.1 cm³/mol. The van der Waals surface area contributed by atoms with Gasteiger partial charge in [0.2, 0.25) is 0 Å². The largest absolute Gasteiger partial charge is 0.358 e. The number of rotatable bonds is 5. The summed E-state index contributed by atoms with van der Waals surface area (Å²) in [5.74, 6) is 1.13. The number of aromatic amines is 1. The summed E-state index contributed by atoms with van der Waals surface area (Å²) in [5.41, 5.74) is 5.58. The van der Waals surface area contributed by atoms with Crippen LogP contribution < -0.4 is 5.32 Å². The number of H-pyrrole nitrogens is 1. The molecule has 0 radical (unpaired) electrons. The first-order valence-corrected chi connectivity index (χ1v) is 7.33. The second-order valence-electron chi connectivity index (χ2n) is 5.99. The SMILES string of the molecule is CNCCc1c(C(C)C)[nH]c2ccc(C(C)C)cc12. The third-order valence-electron chi connectivity index (χ3n) is 3.83. The van der Waals surface area contributed by atoms with Crippen LogP contribution in [0.2, 0.25) is 0 Å². The molecule has 1 aromatic carbocycles. The van der Waals surface area contributed by atoms with E-state index < -0.39 is 0 Å². The number of benzene rings is 1. The van der Waals surface area contributed by atoms with Gasteiger partial charge in [0.15, 0.2) is 0 Å². The Balaban J connectivity index is 2.56. The predicted octanol–water partition coefficient (Wildman–Crippen LogP) is 4.18. The molecule has 0 bridgehead atoms. The fourth-order valence-electron chi connectivity index (χ4n) is 2.66. The fraction of sp³-hybridized carbons (Fsp3) is 0.529. The molecule has 2 N–H and O–H groups in total. The monoisotopic (exact) mass is 258 g/mol. The van der Waals surface area contributed by atoms with Crippen molar-refractivity contribution in [2.75, 3.05) is 13.6 Å². The molecule has 2 heteroatoms. The van der Waals surface area contributed by atoms with Crippen LogP contribution in [0.25, 0.3) is 10.9 Å². The van der Waals surface area contributed by atoms with Crippen LogP contribution >= 0.6 is 0 Å². The van der Waals surface area contributed by atoms with Crippen LogP contribution in [0.1, 0.15) is 56.4 Å². The van der Waals surface area contributed by atoms with Crippen LogP contribution in [-0.2, 0) is 6.42 Å². The van der Waals surface area contributed by atoms with Crippen LogP contribution in [0.4, 0.5) is 0 Å². The van der Waals surface area contributed by atoms with Crippen LogP contribution in [0, 0.1) is 0 Å². The molecule has 0 saturated carbocycles. The lowest BCUT2D eigenvalue weighted by atomic mass is 9.97. The molecule has 0 amide bonds. The van der Waals surface area contributed by atoms with Crippen molar-refractivity contribution in [2.24, 2.45) is 0 Å². The maximum Gasteiger partial charge on any atom is 0.0459 e. The quantitative estimate of drug-likeness (QED) is 0.827. The minimum absolute atomic E-state index is 0.543. The van der Waals surface area contributed by atoms with Crippen molar-refractivity contribution in [3.8, 4) is 0 Å². The van der Waals surface area contributed by atoms with E-state index in [-0.39, 0.29) is 0 Å². The number of nitrogens with one attached hydrogen (secondary N) is 2. The minimum atomic E-state index is 0.543. The van der Waals surface area contributed by atoms with Gasteiger partial charge in [-0.3, -0.25) is 0 Å². The van der Waals surface area contributed by atoms with Crippen molar-refractivity contribution in [2.45, 2.75) is 46.0 Å². The normalized spacial score (nSPS) is 11.9. The molecule has 104 valence electrons. The van der Waals surface area contributed by atoms with Crippen molar-refractivity contribution in [1.82, 2.24) is 10.3 Å². The molecular formula is C17H26N2. The van der Waals surface area contributed by atoms with Crippen molar-refractivity contribution in [3.05, 3.63) is 35.0 Å². The van der Waals surface area contributed by atoms with Crippen molar-refractivity contribution >= 4 is 10.9 Å². The van der Waals surface area contributed by atoms with Crippen molar-refractivity contribution < 1.29 is 0 Å². The lowest BCUT2D eigenvalue weighted by molar-refractivity contribution is 0.764. The molecule has 2 nitrogen and oxygen atoms in total. The van der Waals surface area contributed by atoms with E-state index >= 15 is 0 Å². The molecule has 0 fully saturated rings. The van der Waals surface area contributed by atoms with Gasteiger partial charge in [-0.1, -0.05) is 33.8 Å². The molecule has 0 aliphatic carbocycles. The first kappa shape index (κ1) is 14.1. The molecule has 0 spiro atoms. The molecule has 0 unspecified atom stereocenters. The molecule has 1 aromatic heterocycles. The van der Waals surface area contributed by atoms with Gasteiger partial charge in [-0.2, -0.15) is 0 Å². The molecule has 0 atom stereocenters. The van der Waals surface area contributed by atoms with E-state index in [9.17, 15) is 0 Å². The number of hydrogen-bond donors (Lipinski definition) is 2. The van der Waals surface area contributed by atoms with E-state index in [2.05, 4.69) is 56.2 Å². The van der Waals surface area contributed by atoms with Crippen molar-refractivity contribution in [3.63, 3.8) is 0 Å². The Morgan fingerprint density at radius 2 is 1.84 bits per heavy atom. The van der Waals surface area contributed by atoms with Gasteiger partial charge in [0.25, 0.3) is 0 Å². The highest BCUT2D eigenvalue weighted by molar-refractivity contribution is 5.85. The highest BCUT2D eigenvalue weighted by atomic mass is 14.8. The average Bonchev–Trinajstić information content (AvgIpc) is 2.74. The third-order valence-corrected chi connectivity index (χ3v) is 3.83. The van der Waals surface area contributed by atoms with Gasteiger partial charge < -0.3 is 10.3 Å². The zero-order valence-corrected chi connectivity index (χ0v) is 12.8. The van der Waals surface area contributed by atoms with E-state index in [1.807, 2.05) is 7.05 Å². The van der Waals surface area contributed by atoms with E-state index in [0.29, 0.717) is 11.8 Å². The lowest BCUT2D eigenvalue weighted by Crippen LogP contribution is -2.11. The number of hydrogen-bond acceptors (Lipinski definition) is 1. The first-order valence-electron chi connectivity index (χ1n) is 7.33. The summed E-state index contributed by atoms with van der Waals surface area (Å²) in [6.07, 6.45) is 1.09. The Hall–Kier alpha value is -1.28. The van der Waals surface area contributed by atoms with Crippen molar-refractivity contribution in [1.29, 1.82) is 0 Å². The number of aromatic nitrogens is 1. The highest BCUT2D eigenvalue weighted by Gasteiger charge is 2.14. The average molecular weight is 258 g/mol. The van der Waals surface area contributed by atoms with Gasteiger partial charge in [0.05, 0.1) is 0 Å².